The molecule has 2 heteroatoms. The molecular weight excluding hydrogens is 148 g/mol. The first kappa shape index (κ1) is 10.0. The summed E-state index contributed by atoms with van der Waals surface area (Å²) in [5.41, 5.74) is 6.32. The van der Waals surface area contributed by atoms with Gasteiger partial charge in [0.15, 0.2) is 0 Å². The van der Waals surface area contributed by atoms with Crippen LogP contribution in [0.3, 0.4) is 0 Å². The molecule has 12 heavy (non-hydrogen) atoms. The Hall–Kier alpha value is -0.0800. The number of rotatable bonds is 5. The fourth-order valence-electron chi connectivity index (χ4n) is 1.56. The van der Waals surface area contributed by atoms with Crippen LogP contribution >= 0.6 is 0 Å². The smallest absolute Gasteiger partial charge is 0.0223 e. The van der Waals surface area contributed by atoms with Crippen molar-refractivity contribution < 1.29 is 0 Å². The molecule has 1 aliphatic rings. The molecule has 1 saturated carbocycles. The Labute approximate surface area is 75.9 Å². The van der Waals surface area contributed by atoms with Gasteiger partial charge in [0.2, 0.25) is 0 Å². The lowest BCUT2D eigenvalue weighted by atomic mass is 10.1. The zero-order valence-corrected chi connectivity index (χ0v) is 8.61. The second-order valence-electron chi connectivity index (χ2n) is 4.87. The van der Waals surface area contributed by atoms with Crippen molar-refractivity contribution in [3.05, 3.63) is 0 Å². The van der Waals surface area contributed by atoms with E-state index in [0.717, 1.165) is 6.54 Å². The van der Waals surface area contributed by atoms with Crippen LogP contribution in [0.5, 0.6) is 0 Å². The highest BCUT2D eigenvalue weighted by Gasteiger charge is 2.41. The number of hydrogen-bond acceptors (Lipinski definition) is 2. The SMILES string of the molecule is CCCC1(NCC(C)(C)N)CC1. The first-order valence-electron chi connectivity index (χ1n) is 5.01. The third kappa shape index (κ3) is 3.11. The van der Waals surface area contributed by atoms with Crippen molar-refractivity contribution in [1.29, 1.82) is 0 Å². The largest absolute Gasteiger partial charge is 0.324 e. The minimum Gasteiger partial charge on any atom is -0.324 e. The van der Waals surface area contributed by atoms with E-state index in [-0.39, 0.29) is 5.54 Å². The van der Waals surface area contributed by atoms with Crippen molar-refractivity contribution in [3.8, 4) is 0 Å². The van der Waals surface area contributed by atoms with Gasteiger partial charge >= 0.3 is 0 Å². The molecule has 1 fully saturated rings. The van der Waals surface area contributed by atoms with Gasteiger partial charge in [-0.25, -0.2) is 0 Å². The molecule has 2 nitrogen and oxygen atoms in total. The molecule has 0 bridgehead atoms. The van der Waals surface area contributed by atoms with Crippen LogP contribution in [-0.4, -0.2) is 17.6 Å². The van der Waals surface area contributed by atoms with E-state index >= 15 is 0 Å². The van der Waals surface area contributed by atoms with Gasteiger partial charge in [-0.05, 0) is 33.1 Å². The average Bonchev–Trinajstić information content (AvgIpc) is 2.65. The summed E-state index contributed by atoms with van der Waals surface area (Å²) >= 11 is 0. The van der Waals surface area contributed by atoms with Crippen LogP contribution in [0.1, 0.15) is 46.5 Å². The Balaban J connectivity index is 2.22. The zero-order chi connectivity index (χ0) is 9.24. The monoisotopic (exact) mass is 170 g/mol. The molecule has 1 rings (SSSR count). The molecule has 0 aliphatic heterocycles. The highest BCUT2D eigenvalue weighted by molar-refractivity contribution is 5.02. The average molecular weight is 170 g/mol. The van der Waals surface area contributed by atoms with Crippen molar-refractivity contribution in [2.24, 2.45) is 5.73 Å². The van der Waals surface area contributed by atoms with E-state index < -0.39 is 0 Å². The van der Waals surface area contributed by atoms with Crippen molar-refractivity contribution >= 4 is 0 Å². The van der Waals surface area contributed by atoms with Crippen LogP contribution in [0.15, 0.2) is 0 Å². The Kier molecular flexibility index (Phi) is 2.79. The molecule has 1 aliphatic carbocycles. The Bertz CT molecular complexity index is 142. The Morgan fingerprint density at radius 2 is 2.00 bits per heavy atom. The van der Waals surface area contributed by atoms with Crippen LogP contribution in [0, 0.1) is 0 Å². The lowest BCUT2D eigenvalue weighted by molar-refractivity contribution is 0.388. The molecular formula is C10H22N2. The van der Waals surface area contributed by atoms with E-state index in [9.17, 15) is 0 Å². The van der Waals surface area contributed by atoms with Crippen LogP contribution < -0.4 is 11.1 Å². The molecule has 0 aromatic rings. The fraction of sp³-hybridized carbons (Fsp3) is 1.00. The van der Waals surface area contributed by atoms with Gasteiger partial charge in [-0.1, -0.05) is 13.3 Å². The highest BCUT2D eigenvalue weighted by Crippen LogP contribution is 2.39. The Morgan fingerprint density at radius 3 is 2.33 bits per heavy atom. The van der Waals surface area contributed by atoms with Gasteiger partial charge in [0.1, 0.15) is 0 Å². The molecule has 0 heterocycles. The summed E-state index contributed by atoms with van der Waals surface area (Å²) in [5.74, 6) is 0. The van der Waals surface area contributed by atoms with E-state index in [1.54, 1.807) is 0 Å². The maximum atomic E-state index is 5.90. The standard InChI is InChI=1S/C10H22N2/c1-4-5-10(6-7-10)12-8-9(2,3)11/h12H,4-8,11H2,1-3H3. The van der Waals surface area contributed by atoms with Crippen LogP contribution in [0.2, 0.25) is 0 Å². The summed E-state index contributed by atoms with van der Waals surface area (Å²) < 4.78 is 0. The third-order valence-electron chi connectivity index (χ3n) is 2.50. The number of nitrogens with one attached hydrogen (secondary N) is 1. The first-order chi connectivity index (χ1) is 5.47. The van der Waals surface area contributed by atoms with Gasteiger partial charge in [-0.15, -0.1) is 0 Å². The molecule has 0 aromatic heterocycles. The second-order valence-corrected chi connectivity index (χ2v) is 4.87. The highest BCUT2D eigenvalue weighted by atomic mass is 15.0. The van der Waals surface area contributed by atoms with Gasteiger partial charge in [-0.3, -0.25) is 0 Å². The number of nitrogens with two attached hydrogens (primary N) is 1. The second kappa shape index (κ2) is 3.35. The van der Waals surface area contributed by atoms with Crippen LogP contribution in [0.4, 0.5) is 0 Å². The fourth-order valence-corrected chi connectivity index (χ4v) is 1.56. The van der Waals surface area contributed by atoms with Crippen molar-refractivity contribution in [1.82, 2.24) is 5.32 Å². The van der Waals surface area contributed by atoms with E-state index in [1.165, 1.54) is 25.7 Å². The van der Waals surface area contributed by atoms with Gasteiger partial charge < -0.3 is 11.1 Å². The quantitative estimate of drug-likeness (QED) is 0.658. The molecule has 0 unspecified atom stereocenters. The van der Waals surface area contributed by atoms with E-state index in [2.05, 4.69) is 26.1 Å². The van der Waals surface area contributed by atoms with E-state index in [1.807, 2.05) is 0 Å². The van der Waals surface area contributed by atoms with E-state index in [0.29, 0.717) is 5.54 Å². The number of hydrogen-bond donors (Lipinski definition) is 2. The molecule has 0 atom stereocenters. The zero-order valence-electron chi connectivity index (χ0n) is 8.61. The van der Waals surface area contributed by atoms with E-state index in [4.69, 9.17) is 5.73 Å². The van der Waals surface area contributed by atoms with Gasteiger partial charge in [0, 0.05) is 17.6 Å². The molecule has 0 spiro atoms. The Morgan fingerprint density at radius 1 is 1.42 bits per heavy atom. The molecule has 0 saturated heterocycles. The predicted octanol–water partition coefficient (Wildman–Crippen LogP) is 1.65. The van der Waals surface area contributed by atoms with Gasteiger partial charge in [0.05, 0.1) is 0 Å². The van der Waals surface area contributed by atoms with Gasteiger partial charge in [0.25, 0.3) is 0 Å². The van der Waals surface area contributed by atoms with Crippen molar-refractivity contribution in [3.63, 3.8) is 0 Å². The molecule has 0 radical (unpaired) electrons. The summed E-state index contributed by atoms with van der Waals surface area (Å²) in [6, 6.07) is 0. The summed E-state index contributed by atoms with van der Waals surface area (Å²) in [6.45, 7) is 7.33. The summed E-state index contributed by atoms with van der Waals surface area (Å²) in [5, 5.41) is 3.59. The predicted molar refractivity (Wildman–Crippen MR) is 53.1 cm³/mol. The summed E-state index contributed by atoms with van der Waals surface area (Å²) in [6.07, 6.45) is 5.27. The van der Waals surface area contributed by atoms with Crippen LogP contribution in [-0.2, 0) is 0 Å². The normalized spacial score (nSPS) is 21.0. The third-order valence-corrected chi connectivity index (χ3v) is 2.50. The molecule has 0 amide bonds. The van der Waals surface area contributed by atoms with Crippen molar-refractivity contribution in [2.45, 2.75) is 57.5 Å². The summed E-state index contributed by atoms with van der Waals surface area (Å²) in [4.78, 5) is 0. The maximum absolute atomic E-state index is 5.90. The van der Waals surface area contributed by atoms with Crippen LogP contribution in [0.25, 0.3) is 0 Å². The van der Waals surface area contributed by atoms with Gasteiger partial charge in [-0.2, -0.15) is 0 Å². The van der Waals surface area contributed by atoms with Crippen molar-refractivity contribution in [2.75, 3.05) is 6.54 Å². The lowest BCUT2D eigenvalue weighted by Gasteiger charge is -2.24. The lowest BCUT2D eigenvalue weighted by Crippen LogP contribution is -2.47. The molecule has 72 valence electrons. The topological polar surface area (TPSA) is 38.0 Å². The maximum Gasteiger partial charge on any atom is 0.0223 e. The molecule has 3 N–H and O–H groups in total. The first-order valence-corrected chi connectivity index (χ1v) is 5.01. The summed E-state index contributed by atoms with van der Waals surface area (Å²) in [7, 11) is 0. The molecule has 0 aromatic carbocycles. The minimum absolute atomic E-state index is 0.0661. The minimum atomic E-state index is -0.0661.